The molecule has 1 aliphatic heterocycles. The van der Waals surface area contributed by atoms with E-state index >= 15 is 0 Å². The number of rotatable bonds is 8. The van der Waals surface area contributed by atoms with E-state index in [-0.39, 0.29) is 25.4 Å². The number of amides is 1. The number of sulfonamides is 1. The third-order valence-corrected chi connectivity index (χ3v) is 5.28. The van der Waals surface area contributed by atoms with Crippen molar-refractivity contribution < 1.29 is 32.6 Å². The predicted octanol–water partition coefficient (Wildman–Crippen LogP) is -2.06. The molecule has 0 aliphatic carbocycles. The van der Waals surface area contributed by atoms with Gasteiger partial charge in [-0.05, 0) is 13.3 Å². The number of hydrogen-bond donors (Lipinski definition) is 0. The van der Waals surface area contributed by atoms with E-state index < -0.39 is 40.5 Å². The first-order valence-corrected chi connectivity index (χ1v) is 9.00. The number of carboxylic acid groups (broad SMARTS) is 1. The number of piperazine rings is 1. The Morgan fingerprint density at radius 3 is 2.48 bits per heavy atom. The zero-order chi connectivity index (χ0) is 17.6. The average molecular weight is 349 g/mol. The molecule has 0 aromatic rings. The van der Waals surface area contributed by atoms with Gasteiger partial charge in [0.05, 0.1) is 24.9 Å². The largest absolute Gasteiger partial charge is 0.548 e. The third-order valence-electron chi connectivity index (χ3n) is 3.37. The van der Waals surface area contributed by atoms with Crippen LogP contribution in [0.1, 0.15) is 26.7 Å². The second kappa shape index (κ2) is 8.25. The molecule has 1 atom stereocenters. The lowest BCUT2D eigenvalue weighted by molar-refractivity contribution is -0.306. The van der Waals surface area contributed by atoms with Gasteiger partial charge in [0.1, 0.15) is 0 Å². The maximum atomic E-state index is 12.4. The van der Waals surface area contributed by atoms with Crippen LogP contribution in [0.3, 0.4) is 0 Å². The van der Waals surface area contributed by atoms with Crippen molar-refractivity contribution in [2.75, 3.05) is 32.0 Å². The Labute approximate surface area is 135 Å². The Bertz CT molecular complexity index is 561. The summed E-state index contributed by atoms with van der Waals surface area (Å²) < 4.78 is 30.3. The summed E-state index contributed by atoms with van der Waals surface area (Å²) in [5, 5.41) is 10.7. The van der Waals surface area contributed by atoms with Gasteiger partial charge >= 0.3 is 5.97 Å². The standard InChI is InChI=1S/C13H22N2O7S/c1-3-5-8-23(20,21)15-7-6-14(9-10(16)17)12(18)11(15)13(19)22-4-2/h11H,3-9H2,1-2H3,(H,16,17)/p-1. The molecule has 132 valence electrons. The summed E-state index contributed by atoms with van der Waals surface area (Å²) in [5.74, 6) is -3.57. The zero-order valence-corrected chi connectivity index (χ0v) is 14.0. The Kier molecular flexibility index (Phi) is 6.95. The van der Waals surface area contributed by atoms with Gasteiger partial charge in [0.2, 0.25) is 16.1 Å². The van der Waals surface area contributed by atoms with Crippen molar-refractivity contribution in [2.45, 2.75) is 32.7 Å². The first-order chi connectivity index (χ1) is 10.7. The zero-order valence-electron chi connectivity index (χ0n) is 13.2. The van der Waals surface area contributed by atoms with E-state index in [1.165, 1.54) is 6.92 Å². The minimum atomic E-state index is -3.82. The SMILES string of the molecule is CCCCS(=O)(=O)N1CCN(CC(=O)[O-])C(=O)C1C(=O)OCC. The van der Waals surface area contributed by atoms with E-state index in [1.54, 1.807) is 0 Å². The quantitative estimate of drug-likeness (QED) is 0.364. The maximum absolute atomic E-state index is 12.4. The molecule has 0 spiro atoms. The molecule has 1 aliphatic rings. The van der Waals surface area contributed by atoms with Crippen molar-refractivity contribution in [2.24, 2.45) is 0 Å². The summed E-state index contributed by atoms with van der Waals surface area (Å²) in [7, 11) is -3.82. The molecule has 0 N–H and O–H groups in total. The van der Waals surface area contributed by atoms with Gasteiger partial charge in [0.15, 0.2) is 0 Å². The Hall–Kier alpha value is -1.68. The van der Waals surface area contributed by atoms with E-state index in [9.17, 15) is 27.9 Å². The van der Waals surface area contributed by atoms with Gasteiger partial charge in [-0.3, -0.25) is 4.79 Å². The van der Waals surface area contributed by atoms with E-state index in [1.807, 2.05) is 6.92 Å². The van der Waals surface area contributed by atoms with E-state index in [4.69, 9.17) is 4.74 Å². The van der Waals surface area contributed by atoms with Gasteiger partial charge in [0.25, 0.3) is 5.91 Å². The fraction of sp³-hybridized carbons (Fsp3) is 0.769. The van der Waals surface area contributed by atoms with Crippen LogP contribution in [0.5, 0.6) is 0 Å². The van der Waals surface area contributed by atoms with Crippen LogP contribution in [0.15, 0.2) is 0 Å². The molecule has 1 rings (SSSR count). The summed E-state index contributed by atoms with van der Waals surface area (Å²) in [6, 6.07) is -1.68. The molecule has 1 unspecified atom stereocenters. The third kappa shape index (κ3) is 4.90. The predicted molar refractivity (Wildman–Crippen MR) is 77.4 cm³/mol. The molecule has 10 heteroatoms. The van der Waals surface area contributed by atoms with E-state index in [0.29, 0.717) is 12.8 Å². The number of aliphatic carboxylic acids is 1. The van der Waals surface area contributed by atoms with Crippen molar-refractivity contribution in [1.29, 1.82) is 0 Å². The molecule has 1 fully saturated rings. The number of carboxylic acids is 1. The highest BCUT2D eigenvalue weighted by atomic mass is 32.2. The van der Waals surface area contributed by atoms with Crippen LogP contribution in [-0.2, 0) is 29.1 Å². The van der Waals surface area contributed by atoms with Crippen LogP contribution in [0.25, 0.3) is 0 Å². The molecule has 0 aromatic carbocycles. The smallest absolute Gasteiger partial charge is 0.334 e. The second-order valence-corrected chi connectivity index (χ2v) is 7.11. The second-order valence-electron chi connectivity index (χ2n) is 5.07. The molecule has 0 bridgehead atoms. The number of carbonyl (C=O) groups excluding carboxylic acids is 3. The summed E-state index contributed by atoms with van der Waals surface area (Å²) >= 11 is 0. The molecule has 0 radical (unpaired) electrons. The number of nitrogens with zero attached hydrogens (tertiary/aromatic N) is 2. The summed E-state index contributed by atoms with van der Waals surface area (Å²) in [6.07, 6.45) is 1.03. The van der Waals surface area contributed by atoms with Crippen LogP contribution < -0.4 is 5.11 Å². The molecule has 1 heterocycles. The molecule has 23 heavy (non-hydrogen) atoms. The number of esters is 1. The molecule has 0 saturated carbocycles. The lowest BCUT2D eigenvalue weighted by atomic mass is 10.2. The van der Waals surface area contributed by atoms with E-state index in [2.05, 4.69) is 0 Å². The number of carbonyl (C=O) groups is 3. The fourth-order valence-electron chi connectivity index (χ4n) is 2.25. The molecule has 0 aromatic heterocycles. The van der Waals surface area contributed by atoms with Gasteiger partial charge in [-0.2, -0.15) is 4.31 Å². The molecular weight excluding hydrogens is 328 g/mol. The van der Waals surface area contributed by atoms with Crippen molar-refractivity contribution in [1.82, 2.24) is 9.21 Å². The average Bonchev–Trinajstić information content (AvgIpc) is 2.46. The summed E-state index contributed by atoms with van der Waals surface area (Å²) in [4.78, 5) is 35.9. The molecule has 9 nitrogen and oxygen atoms in total. The Morgan fingerprint density at radius 2 is 1.96 bits per heavy atom. The Morgan fingerprint density at radius 1 is 1.30 bits per heavy atom. The fourth-order valence-corrected chi connectivity index (χ4v) is 4.00. The number of ether oxygens (including phenoxy) is 1. The van der Waals surface area contributed by atoms with Crippen molar-refractivity contribution in [3.63, 3.8) is 0 Å². The number of hydrogen-bond acceptors (Lipinski definition) is 7. The van der Waals surface area contributed by atoms with E-state index in [0.717, 1.165) is 9.21 Å². The van der Waals surface area contributed by atoms with Gasteiger partial charge in [-0.25, -0.2) is 13.2 Å². The number of unbranched alkanes of at least 4 members (excludes halogenated alkanes) is 1. The van der Waals surface area contributed by atoms with Gasteiger partial charge in [0, 0.05) is 13.1 Å². The van der Waals surface area contributed by atoms with Crippen LogP contribution in [0, 0.1) is 0 Å². The lowest BCUT2D eigenvalue weighted by Gasteiger charge is -2.38. The lowest BCUT2D eigenvalue weighted by Crippen LogP contribution is -2.63. The summed E-state index contributed by atoms with van der Waals surface area (Å²) in [6.45, 7) is 2.35. The Balaban J connectivity index is 3.08. The highest BCUT2D eigenvalue weighted by Gasteiger charge is 2.46. The maximum Gasteiger partial charge on any atom is 0.334 e. The van der Waals surface area contributed by atoms with Crippen LogP contribution in [0.4, 0.5) is 0 Å². The van der Waals surface area contributed by atoms with Crippen LogP contribution in [-0.4, -0.2) is 73.5 Å². The van der Waals surface area contributed by atoms with Crippen LogP contribution in [0.2, 0.25) is 0 Å². The van der Waals surface area contributed by atoms with Crippen molar-refractivity contribution in [3.05, 3.63) is 0 Å². The highest BCUT2D eigenvalue weighted by Crippen LogP contribution is 2.18. The first-order valence-electron chi connectivity index (χ1n) is 7.39. The molecule has 1 saturated heterocycles. The normalized spacial score (nSPS) is 19.7. The van der Waals surface area contributed by atoms with Gasteiger partial charge in [-0.1, -0.05) is 13.3 Å². The molecular formula is C13H21N2O7S-. The van der Waals surface area contributed by atoms with Gasteiger partial charge in [-0.15, -0.1) is 0 Å². The molecule has 1 amide bonds. The summed E-state index contributed by atoms with van der Waals surface area (Å²) in [5.41, 5.74) is 0. The highest BCUT2D eigenvalue weighted by molar-refractivity contribution is 7.89. The monoisotopic (exact) mass is 349 g/mol. The first kappa shape index (κ1) is 19.4. The van der Waals surface area contributed by atoms with Crippen molar-refractivity contribution in [3.8, 4) is 0 Å². The topological polar surface area (TPSA) is 124 Å². The minimum Gasteiger partial charge on any atom is -0.548 e. The van der Waals surface area contributed by atoms with Gasteiger partial charge < -0.3 is 19.5 Å². The van der Waals surface area contributed by atoms with Crippen LogP contribution >= 0.6 is 0 Å². The van der Waals surface area contributed by atoms with Crippen molar-refractivity contribution >= 4 is 27.9 Å². The minimum absolute atomic E-state index is 0.0219.